The summed E-state index contributed by atoms with van der Waals surface area (Å²) in [6, 6.07) is 8.90. The van der Waals surface area contributed by atoms with Gasteiger partial charge in [-0.05, 0) is 73.2 Å². The summed E-state index contributed by atoms with van der Waals surface area (Å²) >= 11 is 0. The van der Waals surface area contributed by atoms with Crippen molar-refractivity contribution in [2.75, 3.05) is 18.5 Å². The molecule has 36 heavy (non-hydrogen) atoms. The Labute approximate surface area is 208 Å². The van der Waals surface area contributed by atoms with Gasteiger partial charge < -0.3 is 20.1 Å². The van der Waals surface area contributed by atoms with Crippen LogP contribution in [0, 0.1) is 0 Å². The predicted molar refractivity (Wildman–Crippen MR) is 129 cm³/mol. The molecule has 0 unspecified atom stereocenters. The molecule has 1 atom stereocenters. The van der Waals surface area contributed by atoms with Gasteiger partial charge in [0.15, 0.2) is 0 Å². The minimum absolute atomic E-state index is 0.00407. The number of amides is 1. The summed E-state index contributed by atoms with van der Waals surface area (Å²) in [6.45, 7) is 0.420. The second-order valence-electron chi connectivity index (χ2n) is 9.51. The number of likely N-dealkylation sites (N-methyl/N-ethyl adjacent to an activating group) is 1. The first-order valence-corrected chi connectivity index (χ1v) is 12.3. The standard InChI is InChI=1S/C27H31F3N2O4/c1-31-23(15-25(33)34)26(35)32-12-11-19-14-20(8-10-24(19)32)36-16-17-7-9-21(18-5-3-2-4-6-18)22(13-17)27(28,29)30/h7-10,13-14,18,23,31H,2-6,11-12,15-16H2,1H3,(H,33,34)/t23-/m1/s1. The van der Waals surface area contributed by atoms with E-state index >= 15 is 0 Å². The number of carbonyl (C=O) groups is 2. The average molecular weight is 505 g/mol. The van der Waals surface area contributed by atoms with Crippen LogP contribution in [-0.4, -0.2) is 36.6 Å². The van der Waals surface area contributed by atoms with E-state index in [0.29, 0.717) is 35.5 Å². The molecule has 2 N–H and O–H groups in total. The molecule has 1 aliphatic carbocycles. The van der Waals surface area contributed by atoms with Crippen molar-refractivity contribution in [3.05, 3.63) is 58.7 Å². The highest BCUT2D eigenvalue weighted by Crippen LogP contribution is 2.41. The number of fused-ring (bicyclic) bond motifs is 1. The molecule has 0 saturated heterocycles. The van der Waals surface area contributed by atoms with Gasteiger partial charge in [0, 0.05) is 12.2 Å². The van der Waals surface area contributed by atoms with Crippen molar-refractivity contribution in [3.8, 4) is 5.75 Å². The smallest absolute Gasteiger partial charge is 0.416 e. The van der Waals surface area contributed by atoms with Crippen molar-refractivity contribution >= 4 is 17.6 Å². The van der Waals surface area contributed by atoms with Crippen molar-refractivity contribution < 1.29 is 32.6 Å². The van der Waals surface area contributed by atoms with Crippen molar-refractivity contribution in [2.24, 2.45) is 0 Å². The fourth-order valence-electron chi connectivity index (χ4n) is 5.25. The van der Waals surface area contributed by atoms with Crippen LogP contribution < -0.4 is 15.0 Å². The zero-order valence-electron chi connectivity index (χ0n) is 20.2. The minimum atomic E-state index is -4.42. The number of halogens is 3. The Morgan fingerprint density at radius 1 is 1.14 bits per heavy atom. The average Bonchev–Trinajstić information content (AvgIpc) is 3.28. The van der Waals surface area contributed by atoms with E-state index in [9.17, 15) is 22.8 Å². The molecule has 9 heteroatoms. The number of carbonyl (C=O) groups excluding carboxylic acids is 1. The third kappa shape index (κ3) is 5.83. The van der Waals surface area contributed by atoms with Crippen molar-refractivity contribution in [2.45, 2.75) is 69.7 Å². The number of aliphatic carboxylic acids is 1. The van der Waals surface area contributed by atoms with E-state index in [1.54, 1.807) is 42.3 Å². The van der Waals surface area contributed by atoms with E-state index in [1.807, 2.05) is 0 Å². The van der Waals surface area contributed by atoms with Crippen LogP contribution in [0.4, 0.5) is 18.9 Å². The highest BCUT2D eigenvalue weighted by Gasteiger charge is 2.36. The molecule has 1 saturated carbocycles. The van der Waals surface area contributed by atoms with Crippen LogP contribution in [-0.2, 0) is 28.8 Å². The topological polar surface area (TPSA) is 78.9 Å². The lowest BCUT2D eigenvalue weighted by molar-refractivity contribution is -0.139. The van der Waals surface area contributed by atoms with Gasteiger partial charge in [-0.1, -0.05) is 31.4 Å². The monoisotopic (exact) mass is 504 g/mol. The van der Waals surface area contributed by atoms with E-state index in [0.717, 1.165) is 37.7 Å². The fraction of sp³-hybridized carbons (Fsp3) is 0.481. The largest absolute Gasteiger partial charge is 0.489 e. The van der Waals surface area contributed by atoms with E-state index < -0.39 is 23.8 Å². The first-order chi connectivity index (χ1) is 17.2. The molecule has 1 aliphatic heterocycles. The number of hydrogen-bond acceptors (Lipinski definition) is 4. The van der Waals surface area contributed by atoms with Crippen molar-refractivity contribution in [1.82, 2.24) is 5.32 Å². The minimum Gasteiger partial charge on any atom is -0.489 e. The number of rotatable bonds is 8. The molecule has 1 amide bonds. The molecule has 2 aromatic carbocycles. The Balaban J connectivity index is 1.46. The Bertz CT molecular complexity index is 1110. The van der Waals surface area contributed by atoms with Crippen molar-refractivity contribution in [3.63, 3.8) is 0 Å². The van der Waals surface area contributed by atoms with E-state index in [1.165, 1.54) is 6.07 Å². The zero-order valence-corrected chi connectivity index (χ0v) is 20.2. The fourth-order valence-corrected chi connectivity index (χ4v) is 5.25. The summed E-state index contributed by atoms with van der Waals surface area (Å²) in [6.07, 6.45) is 0.426. The summed E-state index contributed by atoms with van der Waals surface area (Å²) in [5.41, 5.74) is 1.82. The second kappa shape index (κ2) is 10.9. The molecular formula is C27H31F3N2O4. The maximum atomic E-state index is 13.8. The van der Waals surface area contributed by atoms with Gasteiger partial charge in [-0.3, -0.25) is 9.59 Å². The van der Waals surface area contributed by atoms with E-state index in [-0.39, 0.29) is 24.9 Å². The SMILES string of the molecule is CN[C@H](CC(=O)O)C(=O)N1CCc2cc(OCc3ccc(C4CCCCC4)c(C(F)(F)F)c3)ccc21. The first-order valence-electron chi connectivity index (χ1n) is 12.3. The lowest BCUT2D eigenvalue weighted by Crippen LogP contribution is -2.45. The lowest BCUT2D eigenvalue weighted by atomic mass is 9.81. The van der Waals surface area contributed by atoms with Crippen LogP contribution in [0.5, 0.6) is 5.75 Å². The van der Waals surface area contributed by atoms with Crippen LogP contribution in [0.25, 0.3) is 0 Å². The third-order valence-electron chi connectivity index (χ3n) is 7.11. The zero-order chi connectivity index (χ0) is 25.9. The van der Waals surface area contributed by atoms with Crippen LogP contribution >= 0.6 is 0 Å². The summed E-state index contributed by atoms with van der Waals surface area (Å²) in [5.74, 6) is -0.925. The maximum absolute atomic E-state index is 13.8. The highest BCUT2D eigenvalue weighted by molar-refractivity contribution is 6.00. The van der Waals surface area contributed by atoms with Gasteiger partial charge in [-0.25, -0.2) is 0 Å². The second-order valence-corrected chi connectivity index (χ2v) is 9.51. The van der Waals surface area contributed by atoms with Crippen LogP contribution in [0.3, 0.4) is 0 Å². The number of alkyl halides is 3. The molecule has 4 rings (SSSR count). The predicted octanol–water partition coefficient (Wildman–Crippen LogP) is 5.28. The lowest BCUT2D eigenvalue weighted by Gasteiger charge is -2.25. The molecule has 0 bridgehead atoms. The number of anilines is 1. The number of hydrogen-bond donors (Lipinski definition) is 2. The Morgan fingerprint density at radius 3 is 2.56 bits per heavy atom. The maximum Gasteiger partial charge on any atom is 0.416 e. The number of ether oxygens (including phenoxy) is 1. The van der Waals surface area contributed by atoms with Gasteiger partial charge in [-0.2, -0.15) is 13.2 Å². The molecule has 1 fully saturated rings. The summed E-state index contributed by atoms with van der Waals surface area (Å²) in [4.78, 5) is 25.4. The van der Waals surface area contributed by atoms with Crippen LogP contribution in [0.1, 0.15) is 66.7 Å². The summed E-state index contributed by atoms with van der Waals surface area (Å²) < 4.78 is 47.3. The van der Waals surface area contributed by atoms with Gasteiger partial charge in [0.25, 0.3) is 0 Å². The molecule has 1 heterocycles. The summed E-state index contributed by atoms with van der Waals surface area (Å²) in [7, 11) is 1.55. The number of nitrogens with one attached hydrogen (secondary N) is 1. The Hall–Kier alpha value is -3.07. The Kier molecular flexibility index (Phi) is 7.88. The molecule has 0 radical (unpaired) electrons. The van der Waals surface area contributed by atoms with Crippen LogP contribution in [0.2, 0.25) is 0 Å². The molecule has 6 nitrogen and oxygen atoms in total. The molecule has 0 aromatic heterocycles. The molecular weight excluding hydrogens is 473 g/mol. The highest BCUT2D eigenvalue weighted by atomic mass is 19.4. The van der Waals surface area contributed by atoms with Gasteiger partial charge in [-0.15, -0.1) is 0 Å². The molecule has 2 aromatic rings. The third-order valence-corrected chi connectivity index (χ3v) is 7.11. The van der Waals surface area contributed by atoms with Gasteiger partial charge in [0.2, 0.25) is 5.91 Å². The quantitative estimate of drug-likeness (QED) is 0.511. The van der Waals surface area contributed by atoms with E-state index in [2.05, 4.69) is 5.32 Å². The molecule has 0 spiro atoms. The van der Waals surface area contributed by atoms with E-state index in [4.69, 9.17) is 9.84 Å². The number of benzene rings is 2. The van der Waals surface area contributed by atoms with Gasteiger partial charge >= 0.3 is 12.1 Å². The molecule has 2 aliphatic rings. The number of carboxylic acid groups (broad SMARTS) is 1. The summed E-state index contributed by atoms with van der Waals surface area (Å²) in [5, 5.41) is 11.8. The normalized spacial score (nSPS) is 17.1. The Morgan fingerprint density at radius 2 is 1.89 bits per heavy atom. The first kappa shape index (κ1) is 26.0. The van der Waals surface area contributed by atoms with Crippen LogP contribution in [0.15, 0.2) is 36.4 Å². The van der Waals surface area contributed by atoms with Crippen molar-refractivity contribution in [1.29, 1.82) is 0 Å². The number of carboxylic acids is 1. The van der Waals surface area contributed by atoms with Gasteiger partial charge in [0.1, 0.15) is 12.4 Å². The molecule has 194 valence electrons. The van der Waals surface area contributed by atoms with Gasteiger partial charge in [0.05, 0.1) is 18.0 Å². The number of nitrogens with zero attached hydrogens (tertiary/aromatic N) is 1.